The lowest BCUT2D eigenvalue weighted by Gasteiger charge is -2.14. The molecule has 2 rings (SSSR count). The maximum atomic E-state index is 11.0. The van der Waals surface area contributed by atoms with Crippen molar-refractivity contribution >= 4 is 11.4 Å². The first kappa shape index (κ1) is 14.3. The van der Waals surface area contributed by atoms with Gasteiger partial charge in [-0.3, -0.25) is 25.1 Å². The molecule has 1 fully saturated rings. The van der Waals surface area contributed by atoms with E-state index in [9.17, 15) is 30.4 Å². The molecule has 0 amide bonds. The second-order valence-electron chi connectivity index (χ2n) is 4.66. The van der Waals surface area contributed by atoms with Crippen LogP contribution < -0.4 is 0 Å². The van der Waals surface area contributed by atoms with Crippen LogP contribution in [0.2, 0.25) is 0 Å². The third-order valence-electron chi connectivity index (χ3n) is 3.21. The molecule has 0 bridgehead atoms. The Morgan fingerprint density at radius 1 is 1.15 bits per heavy atom. The molecule has 1 aromatic carbocycles. The summed E-state index contributed by atoms with van der Waals surface area (Å²) in [5.41, 5.74) is -0.376. The average Bonchev–Trinajstić information content (AvgIpc) is 2.68. The largest absolute Gasteiger partial charge is 0.389 e. The Kier molecular flexibility index (Phi) is 3.93. The highest BCUT2D eigenvalue weighted by Crippen LogP contribution is 2.26. The van der Waals surface area contributed by atoms with E-state index in [0.29, 0.717) is 5.56 Å². The summed E-state index contributed by atoms with van der Waals surface area (Å²) in [6.07, 6.45) is -1.76. The monoisotopic (exact) mass is 283 g/mol. The molecule has 0 spiro atoms. The number of aliphatic hydroxyl groups excluding tert-OH is 2. The molecule has 9 heteroatoms. The summed E-state index contributed by atoms with van der Waals surface area (Å²) in [4.78, 5) is 21.9. The first-order valence-corrected chi connectivity index (χ1v) is 5.88. The quantitative estimate of drug-likeness (QED) is 0.589. The van der Waals surface area contributed by atoms with Crippen LogP contribution in [-0.2, 0) is 6.54 Å². The Balaban J connectivity index is 2.23. The Morgan fingerprint density at radius 3 is 2.25 bits per heavy atom. The number of nitro benzene ring substituents is 2. The second-order valence-corrected chi connectivity index (χ2v) is 4.66. The molecular weight excluding hydrogens is 270 g/mol. The van der Waals surface area contributed by atoms with Crippen molar-refractivity contribution in [3.8, 4) is 0 Å². The van der Waals surface area contributed by atoms with Gasteiger partial charge in [0.15, 0.2) is 0 Å². The minimum atomic E-state index is -0.882. The molecule has 1 heterocycles. The summed E-state index contributed by atoms with van der Waals surface area (Å²) >= 11 is 0. The molecule has 1 aliphatic heterocycles. The van der Waals surface area contributed by atoms with Crippen molar-refractivity contribution in [2.45, 2.75) is 18.8 Å². The number of nitro groups is 2. The van der Waals surface area contributed by atoms with Gasteiger partial charge in [0, 0.05) is 31.3 Å². The predicted octanol–water partition coefficient (Wildman–Crippen LogP) is 0.0404. The number of nitrogens with zero attached hydrogens (tertiary/aromatic N) is 3. The van der Waals surface area contributed by atoms with Crippen molar-refractivity contribution in [2.75, 3.05) is 13.1 Å². The third-order valence-corrected chi connectivity index (χ3v) is 3.21. The smallest absolute Gasteiger partial charge is 0.280 e. The fraction of sp³-hybridized carbons (Fsp3) is 0.455. The number of benzene rings is 1. The molecule has 1 aliphatic rings. The zero-order valence-corrected chi connectivity index (χ0v) is 10.4. The average molecular weight is 283 g/mol. The van der Waals surface area contributed by atoms with E-state index in [2.05, 4.69) is 0 Å². The highest BCUT2D eigenvalue weighted by Gasteiger charge is 2.31. The lowest BCUT2D eigenvalue weighted by atomic mass is 10.1. The molecular formula is C11H13N3O6. The number of non-ortho nitro benzene ring substituents is 1. The summed E-state index contributed by atoms with van der Waals surface area (Å²) in [6, 6.07) is 3.44. The topological polar surface area (TPSA) is 130 Å². The Labute approximate surface area is 113 Å². The summed E-state index contributed by atoms with van der Waals surface area (Å²) in [5.74, 6) is 0. The summed E-state index contributed by atoms with van der Waals surface area (Å²) in [5, 5.41) is 40.4. The van der Waals surface area contributed by atoms with Gasteiger partial charge < -0.3 is 10.2 Å². The molecule has 0 unspecified atom stereocenters. The number of hydrogen-bond donors (Lipinski definition) is 2. The molecule has 0 aliphatic carbocycles. The zero-order chi connectivity index (χ0) is 14.9. The van der Waals surface area contributed by atoms with E-state index in [1.165, 1.54) is 12.1 Å². The van der Waals surface area contributed by atoms with Crippen LogP contribution in [0.25, 0.3) is 0 Å². The normalized spacial score (nSPS) is 22.9. The van der Waals surface area contributed by atoms with Crippen LogP contribution in [0.4, 0.5) is 11.4 Å². The van der Waals surface area contributed by atoms with Crippen LogP contribution in [0.1, 0.15) is 5.56 Å². The lowest BCUT2D eigenvalue weighted by Crippen LogP contribution is -2.22. The number of hydrogen-bond acceptors (Lipinski definition) is 7. The lowest BCUT2D eigenvalue weighted by molar-refractivity contribution is -0.394. The van der Waals surface area contributed by atoms with Gasteiger partial charge in [-0.1, -0.05) is 0 Å². The number of likely N-dealkylation sites (tertiary alicyclic amines) is 1. The van der Waals surface area contributed by atoms with Crippen LogP contribution in [0.5, 0.6) is 0 Å². The van der Waals surface area contributed by atoms with E-state index in [0.717, 1.165) is 6.07 Å². The van der Waals surface area contributed by atoms with E-state index < -0.39 is 22.1 Å². The van der Waals surface area contributed by atoms with Crippen molar-refractivity contribution in [3.63, 3.8) is 0 Å². The van der Waals surface area contributed by atoms with Crippen LogP contribution in [0.3, 0.4) is 0 Å². The Hall–Kier alpha value is -2.10. The fourth-order valence-electron chi connectivity index (χ4n) is 2.19. The molecule has 9 nitrogen and oxygen atoms in total. The van der Waals surface area contributed by atoms with Crippen LogP contribution in [0, 0.1) is 20.2 Å². The van der Waals surface area contributed by atoms with Gasteiger partial charge in [-0.05, 0) is 6.07 Å². The van der Waals surface area contributed by atoms with Gasteiger partial charge in [0.05, 0.1) is 28.1 Å². The molecule has 20 heavy (non-hydrogen) atoms. The van der Waals surface area contributed by atoms with Crippen LogP contribution in [-0.4, -0.2) is 50.3 Å². The van der Waals surface area contributed by atoms with E-state index >= 15 is 0 Å². The molecule has 0 radical (unpaired) electrons. The van der Waals surface area contributed by atoms with Crippen molar-refractivity contribution < 1.29 is 20.1 Å². The van der Waals surface area contributed by atoms with Crippen molar-refractivity contribution in [2.24, 2.45) is 0 Å². The first-order chi connectivity index (χ1) is 9.38. The van der Waals surface area contributed by atoms with E-state index in [1.54, 1.807) is 4.90 Å². The van der Waals surface area contributed by atoms with Gasteiger partial charge in [0.2, 0.25) is 0 Å². The van der Waals surface area contributed by atoms with Crippen molar-refractivity contribution in [1.82, 2.24) is 4.90 Å². The molecule has 0 saturated carbocycles. The Morgan fingerprint density at radius 2 is 1.75 bits per heavy atom. The highest BCUT2D eigenvalue weighted by molar-refractivity contribution is 5.49. The molecule has 1 saturated heterocycles. The van der Waals surface area contributed by atoms with Crippen molar-refractivity contribution in [1.29, 1.82) is 0 Å². The van der Waals surface area contributed by atoms with Gasteiger partial charge in [-0.2, -0.15) is 0 Å². The predicted molar refractivity (Wildman–Crippen MR) is 67.0 cm³/mol. The Bertz CT molecular complexity index is 539. The van der Waals surface area contributed by atoms with Gasteiger partial charge in [0.1, 0.15) is 0 Å². The van der Waals surface area contributed by atoms with Gasteiger partial charge in [-0.25, -0.2) is 0 Å². The molecule has 108 valence electrons. The zero-order valence-electron chi connectivity index (χ0n) is 10.4. The highest BCUT2D eigenvalue weighted by atomic mass is 16.6. The maximum Gasteiger partial charge on any atom is 0.280 e. The SMILES string of the molecule is O=[N+]([O-])c1ccc(CN2C[C@@H](O)[C@@H](O)C2)c([N+](=O)[O-])c1. The van der Waals surface area contributed by atoms with E-state index in [4.69, 9.17) is 0 Å². The van der Waals surface area contributed by atoms with Crippen LogP contribution in [0.15, 0.2) is 18.2 Å². The first-order valence-electron chi connectivity index (χ1n) is 5.88. The minimum Gasteiger partial charge on any atom is -0.389 e. The molecule has 1 aromatic rings. The molecule has 0 aromatic heterocycles. The van der Waals surface area contributed by atoms with E-state index in [1.807, 2.05) is 0 Å². The molecule has 2 N–H and O–H groups in total. The third kappa shape index (κ3) is 2.90. The van der Waals surface area contributed by atoms with Crippen molar-refractivity contribution in [3.05, 3.63) is 44.0 Å². The summed E-state index contributed by atoms with van der Waals surface area (Å²) in [7, 11) is 0. The minimum absolute atomic E-state index is 0.141. The number of aliphatic hydroxyl groups is 2. The van der Waals surface area contributed by atoms with Gasteiger partial charge >= 0.3 is 0 Å². The number of rotatable bonds is 4. The summed E-state index contributed by atoms with van der Waals surface area (Å²) in [6.45, 7) is 0.549. The maximum absolute atomic E-state index is 11.0. The summed E-state index contributed by atoms with van der Waals surface area (Å²) < 4.78 is 0. The standard InChI is InChI=1S/C11H13N3O6/c15-10-5-12(6-11(10)16)4-7-1-2-8(13(17)18)3-9(7)14(19)20/h1-3,10-11,15-16H,4-6H2/t10-,11+. The van der Waals surface area contributed by atoms with E-state index in [-0.39, 0.29) is 31.0 Å². The van der Waals surface area contributed by atoms with Gasteiger partial charge in [-0.15, -0.1) is 0 Å². The van der Waals surface area contributed by atoms with Gasteiger partial charge in [0.25, 0.3) is 11.4 Å². The van der Waals surface area contributed by atoms with Crippen LogP contribution >= 0.6 is 0 Å². The number of β-amino-alcohol motifs (C(OH)–C–C–N with tert-alkyl or cyclic N) is 2. The second kappa shape index (κ2) is 5.49. The fourth-order valence-corrected chi connectivity index (χ4v) is 2.19. The molecule has 2 atom stereocenters.